The topological polar surface area (TPSA) is 66.4 Å². The van der Waals surface area contributed by atoms with Crippen LogP contribution < -0.4 is 5.32 Å². The van der Waals surface area contributed by atoms with E-state index >= 15 is 0 Å². The molecule has 1 aromatic rings. The van der Waals surface area contributed by atoms with Gasteiger partial charge in [0.05, 0.1) is 5.56 Å². The molecule has 0 unspecified atom stereocenters. The second-order valence-electron chi connectivity index (χ2n) is 4.73. The molecule has 1 amide bonds. The van der Waals surface area contributed by atoms with Gasteiger partial charge in [0.25, 0.3) is 5.91 Å². The van der Waals surface area contributed by atoms with Gasteiger partial charge in [0, 0.05) is 6.04 Å². The molecule has 2 N–H and O–H groups in total. The molecule has 0 radical (unpaired) electrons. The zero-order chi connectivity index (χ0) is 15.6. The minimum Gasteiger partial charge on any atom is -0.477 e. The fourth-order valence-electron chi connectivity index (χ4n) is 1.69. The number of carboxylic acid groups (broad SMARTS) is 1. The summed E-state index contributed by atoms with van der Waals surface area (Å²) < 4.78 is 37.8. The lowest BCUT2D eigenvalue weighted by atomic mass is 10.1. The first-order valence-corrected chi connectivity index (χ1v) is 6.20. The second-order valence-corrected chi connectivity index (χ2v) is 4.73. The molecule has 1 saturated carbocycles. The fourth-order valence-corrected chi connectivity index (χ4v) is 1.69. The number of hydrogen-bond donors (Lipinski definition) is 2. The highest BCUT2D eigenvalue weighted by Crippen LogP contribution is 2.30. The fraction of sp³-hybridized carbons (Fsp3) is 0.286. The Hall–Kier alpha value is -2.31. The Balaban J connectivity index is 2.29. The molecule has 0 saturated heterocycles. The SMILES string of the molecule is O=C(O)/C(=C/c1cccc(C(F)(F)F)c1)C(=O)NC1CC1. The summed E-state index contributed by atoms with van der Waals surface area (Å²) in [5.74, 6) is -2.27. The van der Waals surface area contributed by atoms with Crippen molar-refractivity contribution in [2.45, 2.75) is 25.1 Å². The molecule has 2 rings (SSSR count). The van der Waals surface area contributed by atoms with Crippen LogP contribution in [0.1, 0.15) is 24.0 Å². The van der Waals surface area contributed by atoms with E-state index in [2.05, 4.69) is 5.32 Å². The zero-order valence-electron chi connectivity index (χ0n) is 10.8. The summed E-state index contributed by atoms with van der Waals surface area (Å²) in [6.45, 7) is 0. The molecule has 0 aromatic heterocycles. The number of hydrogen-bond acceptors (Lipinski definition) is 2. The van der Waals surface area contributed by atoms with Gasteiger partial charge in [0.2, 0.25) is 0 Å². The zero-order valence-corrected chi connectivity index (χ0v) is 10.8. The van der Waals surface area contributed by atoms with Crippen molar-refractivity contribution in [1.29, 1.82) is 0 Å². The molecule has 4 nitrogen and oxygen atoms in total. The third-order valence-electron chi connectivity index (χ3n) is 2.91. The van der Waals surface area contributed by atoms with Gasteiger partial charge in [-0.1, -0.05) is 12.1 Å². The maximum atomic E-state index is 12.6. The van der Waals surface area contributed by atoms with Crippen LogP contribution in [0.2, 0.25) is 0 Å². The average Bonchev–Trinajstić information content (AvgIpc) is 3.18. The highest BCUT2D eigenvalue weighted by molar-refractivity contribution is 6.19. The molecule has 0 aliphatic heterocycles. The smallest absolute Gasteiger partial charge is 0.416 e. The van der Waals surface area contributed by atoms with Crippen LogP contribution in [0.15, 0.2) is 29.8 Å². The van der Waals surface area contributed by atoms with Crippen molar-refractivity contribution >= 4 is 18.0 Å². The number of amides is 1. The Morgan fingerprint density at radius 1 is 1.29 bits per heavy atom. The van der Waals surface area contributed by atoms with Crippen molar-refractivity contribution in [2.75, 3.05) is 0 Å². The average molecular weight is 299 g/mol. The molecule has 0 atom stereocenters. The van der Waals surface area contributed by atoms with Crippen LogP contribution in [-0.2, 0) is 15.8 Å². The van der Waals surface area contributed by atoms with Gasteiger partial charge in [0.15, 0.2) is 0 Å². The molecule has 0 heterocycles. The number of benzene rings is 1. The summed E-state index contributed by atoms with van der Waals surface area (Å²) in [5.41, 5.74) is -1.47. The summed E-state index contributed by atoms with van der Waals surface area (Å²) in [4.78, 5) is 22.8. The van der Waals surface area contributed by atoms with Gasteiger partial charge in [-0.25, -0.2) is 4.79 Å². The maximum Gasteiger partial charge on any atom is 0.416 e. The Kier molecular flexibility index (Phi) is 4.02. The van der Waals surface area contributed by atoms with E-state index in [1.165, 1.54) is 6.07 Å². The van der Waals surface area contributed by atoms with E-state index in [-0.39, 0.29) is 11.6 Å². The highest BCUT2D eigenvalue weighted by atomic mass is 19.4. The number of alkyl halides is 3. The molecule has 1 aromatic carbocycles. The van der Waals surface area contributed by atoms with E-state index < -0.39 is 29.2 Å². The summed E-state index contributed by atoms with van der Waals surface area (Å²) in [5, 5.41) is 11.5. The monoisotopic (exact) mass is 299 g/mol. The predicted molar refractivity (Wildman–Crippen MR) is 68.2 cm³/mol. The first-order valence-electron chi connectivity index (χ1n) is 6.20. The van der Waals surface area contributed by atoms with Crippen molar-refractivity contribution in [3.05, 3.63) is 41.0 Å². The van der Waals surface area contributed by atoms with Gasteiger partial charge in [-0.2, -0.15) is 13.2 Å². The first kappa shape index (κ1) is 15.1. The van der Waals surface area contributed by atoms with Crippen LogP contribution in [0.4, 0.5) is 13.2 Å². The molecule has 1 aliphatic rings. The van der Waals surface area contributed by atoms with Gasteiger partial charge >= 0.3 is 12.1 Å². The third kappa shape index (κ3) is 4.08. The van der Waals surface area contributed by atoms with Crippen molar-refractivity contribution in [2.24, 2.45) is 0 Å². The molecule has 7 heteroatoms. The van der Waals surface area contributed by atoms with E-state index in [1.54, 1.807) is 0 Å². The van der Waals surface area contributed by atoms with Crippen molar-refractivity contribution in [3.8, 4) is 0 Å². The van der Waals surface area contributed by atoms with Gasteiger partial charge < -0.3 is 10.4 Å². The van der Waals surface area contributed by atoms with E-state index in [1.807, 2.05) is 0 Å². The molecule has 0 spiro atoms. The lowest BCUT2D eigenvalue weighted by Crippen LogP contribution is -2.30. The van der Waals surface area contributed by atoms with Crippen LogP contribution in [-0.4, -0.2) is 23.0 Å². The summed E-state index contributed by atoms with van der Waals surface area (Å²) in [7, 11) is 0. The van der Waals surface area contributed by atoms with Crippen LogP contribution in [0, 0.1) is 0 Å². The van der Waals surface area contributed by atoms with E-state index in [9.17, 15) is 22.8 Å². The van der Waals surface area contributed by atoms with E-state index in [0.29, 0.717) is 0 Å². The highest BCUT2D eigenvalue weighted by Gasteiger charge is 2.31. The Morgan fingerprint density at radius 2 is 1.95 bits per heavy atom. The molecule has 112 valence electrons. The number of halogens is 3. The Labute approximate surface area is 118 Å². The largest absolute Gasteiger partial charge is 0.477 e. The minimum absolute atomic E-state index is 0.00757. The number of carbonyl (C=O) groups excluding carboxylic acids is 1. The second kappa shape index (κ2) is 5.59. The van der Waals surface area contributed by atoms with Crippen LogP contribution in [0.5, 0.6) is 0 Å². The minimum atomic E-state index is -4.52. The quantitative estimate of drug-likeness (QED) is 0.510. The summed E-state index contributed by atoms with van der Waals surface area (Å²) in [6.07, 6.45) is -2.02. The van der Waals surface area contributed by atoms with Gasteiger partial charge in [-0.15, -0.1) is 0 Å². The molecular formula is C14H12F3NO3. The van der Waals surface area contributed by atoms with Gasteiger partial charge in [-0.3, -0.25) is 4.79 Å². The first-order chi connectivity index (χ1) is 9.77. The predicted octanol–water partition coefficient (Wildman–Crippen LogP) is 2.45. The molecule has 1 aliphatic carbocycles. The lowest BCUT2D eigenvalue weighted by Gasteiger charge is -2.08. The summed E-state index contributed by atoms with van der Waals surface area (Å²) >= 11 is 0. The van der Waals surface area contributed by atoms with Crippen molar-refractivity contribution in [3.63, 3.8) is 0 Å². The van der Waals surface area contributed by atoms with Gasteiger partial charge in [-0.05, 0) is 36.6 Å². The van der Waals surface area contributed by atoms with E-state index in [4.69, 9.17) is 5.11 Å². The number of rotatable bonds is 4. The molecule has 0 bridgehead atoms. The molecule has 1 fully saturated rings. The van der Waals surface area contributed by atoms with Crippen molar-refractivity contribution in [1.82, 2.24) is 5.32 Å². The third-order valence-corrected chi connectivity index (χ3v) is 2.91. The standard InChI is InChI=1S/C14H12F3NO3/c15-14(16,17)9-3-1-2-8(6-9)7-11(13(20)21)12(19)18-10-4-5-10/h1-3,6-7,10H,4-5H2,(H,18,19)(H,20,21)/b11-7+. The number of aliphatic carboxylic acids is 1. The summed E-state index contributed by atoms with van der Waals surface area (Å²) in [6, 6.07) is 4.10. The van der Waals surface area contributed by atoms with Gasteiger partial charge in [0.1, 0.15) is 5.57 Å². The number of carboxylic acids is 1. The van der Waals surface area contributed by atoms with E-state index in [0.717, 1.165) is 37.1 Å². The maximum absolute atomic E-state index is 12.6. The Bertz CT molecular complexity index is 604. The van der Waals surface area contributed by atoms with Crippen molar-refractivity contribution < 1.29 is 27.9 Å². The van der Waals surface area contributed by atoms with Crippen LogP contribution in [0.3, 0.4) is 0 Å². The lowest BCUT2D eigenvalue weighted by molar-refractivity contribution is -0.137. The van der Waals surface area contributed by atoms with Crippen LogP contribution in [0.25, 0.3) is 6.08 Å². The Morgan fingerprint density at radius 3 is 2.48 bits per heavy atom. The molecular weight excluding hydrogens is 287 g/mol. The normalized spacial score (nSPS) is 15.7. The number of nitrogens with one attached hydrogen (secondary N) is 1. The number of carbonyl (C=O) groups is 2. The van der Waals surface area contributed by atoms with Crippen LogP contribution >= 0.6 is 0 Å². The molecule has 21 heavy (non-hydrogen) atoms.